The average Bonchev–Trinajstić information content (AvgIpc) is 2.11. The van der Waals surface area contributed by atoms with Crippen LogP contribution in [0.15, 0.2) is 0 Å². The van der Waals surface area contributed by atoms with E-state index in [1.165, 1.54) is 0 Å². The molecule has 0 saturated heterocycles. The van der Waals surface area contributed by atoms with Gasteiger partial charge in [-0.3, -0.25) is 0 Å². The van der Waals surface area contributed by atoms with Gasteiger partial charge in [0.15, 0.2) is 0 Å². The predicted octanol–water partition coefficient (Wildman–Crippen LogP) is 1.68. The number of rotatable bonds is 0. The van der Waals surface area contributed by atoms with Crippen molar-refractivity contribution >= 4 is 0 Å². The van der Waals surface area contributed by atoms with Gasteiger partial charge in [0.2, 0.25) is 0 Å². The highest BCUT2D eigenvalue weighted by atomic mass is 19.4. The fourth-order valence-electron chi connectivity index (χ4n) is 1.40. The number of hydrogen-bond acceptors (Lipinski definition) is 1. The van der Waals surface area contributed by atoms with Crippen molar-refractivity contribution in [2.75, 3.05) is 0 Å². The van der Waals surface area contributed by atoms with Crippen LogP contribution in [-0.2, 0) is 0 Å². The fraction of sp³-hybridized carbons (Fsp3) is 1.00. The minimum Gasteiger partial charge on any atom is -0.327 e. The van der Waals surface area contributed by atoms with Crippen LogP contribution in [0, 0.1) is 5.92 Å². The molecule has 0 aromatic rings. The third-order valence-corrected chi connectivity index (χ3v) is 1.99. The lowest BCUT2D eigenvalue weighted by Crippen LogP contribution is -2.35. The summed E-state index contributed by atoms with van der Waals surface area (Å²) < 4.78 is 35.8. The lowest BCUT2D eigenvalue weighted by Gasteiger charge is -2.18. The van der Waals surface area contributed by atoms with E-state index in [9.17, 15) is 13.2 Å². The molecule has 1 rings (SSSR count). The molecule has 10 heavy (non-hydrogen) atoms. The molecule has 0 aromatic heterocycles. The van der Waals surface area contributed by atoms with Crippen LogP contribution in [-0.4, -0.2) is 12.2 Å². The molecule has 0 heterocycles. The third kappa shape index (κ3) is 1.42. The molecule has 0 aromatic carbocycles. The van der Waals surface area contributed by atoms with E-state index in [4.69, 9.17) is 5.73 Å². The Labute approximate surface area is 57.4 Å². The van der Waals surface area contributed by atoms with Crippen LogP contribution < -0.4 is 5.73 Å². The lowest BCUT2D eigenvalue weighted by molar-refractivity contribution is -0.175. The Hall–Kier alpha value is -0.250. The van der Waals surface area contributed by atoms with E-state index >= 15 is 0 Å². The second-order valence-electron chi connectivity index (χ2n) is 2.74. The van der Waals surface area contributed by atoms with Gasteiger partial charge in [-0.2, -0.15) is 13.2 Å². The van der Waals surface area contributed by atoms with Crippen molar-refractivity contribution in [3.63, 3.8) is 0 Å². The maximum Gasteiger partial charge on any atom is 0.393 e. The molecule has 1 aliphatic rings. The van der Waals surface area contributed by atoms with E-state index in [1.54, 1.807) is 0 Å². The molecule has 0 radical (unpaired) electrons. The Morgan fingerprint density at radius 1 is 1.20 bits per heavy atom. The van der Waals surface area contributed by atoms with Crippen LogP contribution in [0.5, 0.6) is 0 Å². The van der Waals surface area contributed by atoms with Crippen LogP contribution in [0.25, 0.3) is 0 Å². The number of halogens is 3. The van der Waals surface area contributed by atoms with Crippen LogP contribution in [0.1, 0.15) is 19.3 Å². The second kappa shape index (κ2) is 2.42. The topological polar surface area (TPSA) is 26.0 Å². The summed E-state index contributed by atoms with van der Waals surface area (Å²) in [5, 5.41) is 0. The molecule has 0 bridgehead atoms. The first kappa shape index (κ1) is 7.85. The van der Waals surface area contributed by atoms with Gasteiger partial charge in [0, 0.05) is 6.04 Å². The first-order valence-electron chi connectivity index (χ1n) is 3.34. The molecule has 1 fully saturated rings. The first-order valence-corrected chi connectivity index (χ1v) is 3.34. The van der Waals surface area contributed by atoms with Crippen molar-refractivity contribution in [3.8, 4) is 0 Å². The molecule has 4 heteroatoms. The van der Waals surface area contributed by atoms with Crippen LogP contribution in [0.3, 0.4) is 0 Å². The quantitative estimate of drug-likeness (QED) is 0.563. The summed E-state index contributed by atoms with van der Waals surface area (Å²) in [5.74, 6) is -1.24. The summed E-state index contributed by atoms with van der Waals surface area (Å²) in [6.07, 6.45) is -2.73. The molecule has 0 unspecified atom stereocenters. The van der Waals surface area contributed by atoms with Gasteiger partial charge in [0.25, 0.3) is 0 Å². The van der Waals surface area contributed by atoms with Crippen molar-refractivity contribution in [2.24, 2.45) is 11.7 Å². The fourth-order valence-corrected chi connectivity index (χ4v) is 1.40. The largest absolute Gasteiger partial charge is 0.393 e. The van der Waals surface area contributed by atoms with Crippen molar-refractivity contribution in [1.29, 1.82) is 0 Å². The summed E-state index contributed by atoms with van der Waals surface area (Å²) in [4.78, 5) is 0. The summed E-state index contributed by atoms with van der Waals surface area (Å²) in [6, 6.07) is -0.653. The molecule has 0 amide bonds. The van der Waals surface area contributed by atoms with E-state index in [2.05, 4.69) is 0 Å². The van der Waals surface area contributed by atoms with Crippen LogP contribution >= 0.6 is 0 Å². The first-order chi connectivity index (χ1) is 4.52. The molecule has 60 valence electrons. The Morgan fingerprint density at radius 3 is 2.00 bits per heavy atom. The highest BCUT2D eigenvalue weighted by Gasteiger charge is 2.45. The van der Waals surface area contributed by atoms with Gasteiger partial charge in [-0.1, -0.05) is 6.42 Å². The third-order valence-electron chi connectivity index (χ3n) is 1.99. The Morgan fingerprint density at radius 2 is 1.80 bits per heavy atom. The SMILES string of the molecule is N[C@H]1CCC[C@H]1C(F)(F)F. The van der Waals surface area contributed by atoms with Crippen molar-refractivity contribution in [3.05, 3.63) is 0 Å². The van der Waals surface area contributed by atoms with E-state index < -0.39 is 18.1 Å². The standard InChI is InChI=1S/C6H10F3N/c7-6(8,9)4-2-1-3-5(4)10/h4-5H,1-3,10H2/t4-,5+/m1/s1. The second-order valence-corrected chi connectivity index (χ2v) is 2.74. The maximum atomic E-state index is 11.9. The smallest absolute Gasteiger partial charge is 0.327 e. The zero-order valence-electron chi connectivity index (χ0n) is 5.49. The molecular weight excluding hydrogens is 143 g/mol. The summed E-state index contributed by atoms with van der Waals surface area (Å²) in [6.45, 7) is 0. The maximum absolute atomic E-state index is 11.9. The average molecular weight is 153 g/mol. The summed E-state index contributed by atoms with van der Waals surface area (Å²) in [7, 11) is 0. The van der Waals surface area contributed by atoms with Crippen molar-refractivity contribution < 1.29 is 13.2 Å². The molecular formula is C6H10F3N. The molecule has 0 aliphatic heterocycles. The molecule has 0 spiro atoms. The Bertz CT molecular complexity index is 121. The number of hydrogen-bond donors (Lipinski definition) is 1. The van der Waals surface area contributed by atoms with Gasteiger partial charge in [-0.15, -0.1) is 0 Å². The normalized spacial score (nSPS) is 34.8. The molecule has 1 aliphatic carbocycles. The van der Waals surface area contributed by atoms with Crippen LogP contribution in [0.4, 0.5) is 13.2 Å². The monoisotopic (exact) mass is 153 g/mol. The number of nitrogens with two attached hydrogens (primary N) is 1. The van der Waals surface area contributed by atoms with Gasteiger partial charge >= 0.3 is 6.18 Å². The van der Waals surface area contributed by atoms with Crippen molar-refractivity contribution in [2.45, 2.75) is 31.5 Å². The predicted molar refractivity (Wildman–Crippen MR) is 31.4 cm³/mol. The van der Waals surface area contributed by atoms with Crippen molar-refractivity contribution in [1.82, 2.24) is 0 Å². The zero-order chi connectivity index (χ0) is 7.78. The van der Waals surface area contributed by atoms with Gasteiger partial charge in [-0.05, 0) is 12.8 Å². The highest BCUT2D eigenvalue weighted by Crippen LogP contribution is 2.37. The van der Waals surface area contributed by atoms with E-state index in [-0.39, 0.29) is 6.42 Å². The Balaban J connectivity index is 2.55. The molecule has 2 N–H and O–H groups in total. The van der Waals surface area contributed by atoms with E-state index in [1.807, 2.05) is 0 Å². The summed E-state index contributed by atoms with van der Waals surface area (Å²) in [5.41, 5.74) is 5.25. The minimum absolute atomic E-state index is 0.213. The van der Waals surface area contributed by atoms with Gasteiger partial charge in [0.05, 0.1) is 5.92 Å². The molecule has 2 atom stereocenters. The Kier molecular flexibility index (Phi) is 1.90. The zero-order valence-corrected chi connectivity index (χ0v) is 5.49. The summed E-state index contributed by atoms with van der Waals surface area (Å²) >= 11 is 0. The van der Waals surface area contributed by atoms with Gasteiger partial charge in [0.1, 0.15) is 0 Å². The van der Waals surface area contributed by atoms with Gasteiger partial charge in [-0.25, -0.2) is 0 Å². The van der Waals surface area contributed by atoms with Crippen LogP contribution in [0.2, 0.25) is 0 Å². The molecule has 1 saturated carbocycles. The minimum atomic E-state index is -4.07. The van der Waals surface area contributed by atoms with E-state index in [0.717, 1.165) is 0 Å². The number of alkyl halides is 3. The van der Waals surface area contributed by atoms with E-state index in [0.29, 0.717) is 12.8 Å². The highest BCUT2D eigenvalue weighted by molar-refractivity contribution is 4.84. The molecule has 1 nitrogen and oxygen atoms in total. The van der Waals surface area contributed by atoms with Gasteiger partial charge < -0.3 is 5.73 Å². The lowest BCUT2D eigenvalue weighted by atomic mass is 10.0.